The topological polar surface area (TPSA) is 105 Å². The number of hydrogen-bond donors (Lipinski definition) is 3. The number of ether oxygens (including phenoxy) is 1. The van der Waals surface area contributed by atoms with Crippen molar-refractivity contribution in [2.45, 2.75) is 64.0 Å². The number of hydrogen-bond acceptors (Lipinski definition) is 4. The number of aliphatic carboxylic acids is 1. The third-order valence-corrected chi connectivity index (χ3v) is 6.03. The summed E-state index contributed by atoms with van der Waals surface area (Å²) < 4.78 is 5.57. The first-order chi connectivity index (χ1) is 15.7. The molecule has 176 valence electrons. The Kier molecular flexibility index (Phi) is 7.74. The summed E-state index contributed by atoms with van der Waals surface area (Å²) in [6.07, 6.45) is 0.402. The summed E-state index contributed by atoms with van der Waals surface area (Å²) >= 11 is 0. The number of carbonyl (C=O) groups is 3. The van der Waals surface area contributed by atoms with Gasteiger partial charge in [-0.1, -0.05) is 55.5 Å². The Labute approximate surface area is 194 Å². The first kappa shape index (κ1) is 24.3. The van der Waals surface area contributed by atoms with Crippen LogP contribution >= 0.6 is 0 Å². The van der Waals surface area contributed by atoms with E-state index in [4.69, 9.17) is 9.84 Å². The first-order valence-corrected chi connectivity index (χ1v) is 11.3. The number of carboxylic acid groups (broad SMARTS) is 1. The summed E-state index contributed by atoms with van der Waals surface area (Å²) in [5, 5.41) is 14.5. The molecule has 2 aromatic rings. The third-order valence-electron chi connectivity index (χ3n) is 6.03. The predicted octanol–water partition coefficient (Wildman–Crippen LogP) is 4.45. The zero-order valence-electron chi connectivity index (χ0n) is 19.4. The van der Waals surface area contributed by atoms with Crippen LogP contribution in [-0.4, -0.2) is 41.3 Å². The smallest absolute Gasteiger partial charge is 0.407 e. The van der Waals surface area contributed by atoms with E-state index in [1.807, 2.05) is 31.2 Å². The highest BCUT2D eigenvalue weighted by atomic mass is 16.5. The molecule has 3 rings (SSSR count). The molecule has 2 amide bonds. The second kappa shape index (κ2) is 10.5. The molecule has 0 saturated carbocycles. The lowest BCUT2D eigenvalue weighted by Crippen LogP contribution is -2.46. The Morgan fingerprint density at radius 3 is 2.15 bits per heavy atom. The molecule has 7 heteroatoms. The molecule has 2 aromatic carbocycles. The Bertz CT molecular complexity index is 972. The predicted molar refractivity (Wildman–Crippen MR) is 126 cm³/mol. The summed E-state index contributed by atoms with van der Waals surface area (Å²) in [4.78, 5) is 35.7. The Balaban J connectivity index is 1.54. The zero-order chi connectivity index (χ0) is 24.0. The maximum absolute atomic E-state index is 12.5. The summed E-state index contributed by atoms with van der Waals surface area (Å²) in [7, 11) is 0. The van der Waals surface area contributed by atoms with Crippen molar-refractivity contribution >= 4 is 18.0 Å². The summed E-state index contributed by atoms with van der Waals surface area (Å²) in [6.45, 7) is 5.67. The summed E-state index contributed by atoms with van der Waals surface area (Å²) in [6, 6.07) is 15.9. The van der Waals surface area contributed by atoms with E-state index in [1.165, 1.54) is 0 Å². The molecule has 1 aliphatic rings. The van der Waals surface area contributed by atoms with Crippen LogP contribution < -0.4 is 10.6 Å². The van der Waals surface area contributed by atoms with E-state index in [-0.39, 0.29) is 37.3 Å². The Hall–Kier alpha value is -3.35. The van der Waals surface area contributed by atoms with E-state index in [0.717, 1.165) is 22.3 Å². The summed E-state index contributed by atoms with van der Waals surface area (Å²) in [5.74, 6) is -1.17. The van der Waals surface area contributed by atoms with Crippen molar-refractivity contribution in [3.63, 3.8) is 0 Å². The van der Waals surface area contributed by atoms with E-state index >= 15 is 0 Å². The van der Waals surface area contributed by atoms with Gasteiger partial charge in [-0.2, -0.15) is 0 Å². The minimum absolute atomic E-state index is 0.0253. The van der Waals surface area contributed by atoms with Crippen molar-refractivity contribution in [2.24, 2.45) is 0 Å². The van der Waals surface area contributed by atoms with Gasteiger partial charge in [0.25, 0.3) is 0 Å². The SMILES string of the molecule is CCC(CC(=O)NC(C)(C)CCC(=O)O)NC(=O)OCC1c2ccccc2-c2ccccc21. The largest absolute Gasteiger partial charge is 0.481 e. The van der Waals surface area contributed by atoms with Gasteiger partial charge in [0.15, 0.2) is 0 Å². The number of carboxylic acids is 1. The highest BCUT2D eigenvalue weighted by Gasteiger charge is 2.29. The average molecular weight is 453 g/mol. The van der Waals surface area contributed by atoms with E-state index in [2.05, 4.69) is 34.9 Å². The van der Waals surface area contributed by atoms with Gasteiger partial charge in [-0.25, -0.2) is 4.79 Å². The third kappa shape index (κ3) is 6.34. The number of carbonyl (C=O) groups excluding carboxylic acids is 2. The van der Waals surface area contributed by atoms with Gasteiger partial charge >= 0.3 is 12.1 Å². The lowest BCUT2D eigenvalue weighted by molar-refractivity contribution is -0.137. The Morgan fingerprint density at radius 1 is 1.03 bits per heavy atom. The molecule has 0 spiro atoms. The molecular weight excluding hydrogens is 420 g/mol. The molecule has 1 unspecified atom stereocenters. The normalized spacial score (nSPS) is 13.5. The molecule has 0 aromatic heterocycles. The van der Waals surface area contributed by atoms with Crippen molar-refractivity contribution < 1.29 is 24.2 Å². The van der Waals surface area contributed by atoms with Gasteiger partial charge in [-0.05, 0) is 48.9 Å². The van der Waals surface area contributed by atoms with Crippen LogP contribution in [0.5, 0.6) is 0 Å². The van der Waals surface area contributed by atoms with Gasteiger partial charge in [0.1, 0.15) is 6.61 Å². The number of fused-ring (bicyclic) bond motifs is 3. The van der Waals surface area contributed by atoms with Crippen LogP contribution in [0.3, 0.4) is 0 Å². The van der Waals surface area contributed by atoms with Crippen LogP contribution in [0.4, 0.5) is 4.79 Å². The fourth-order valence-corrected chi connectivity index (χ4v) is 4.24. The second-order valence-electron chi connectivity index (χ2n) is 9.10. The van der Waals surface area contributed by atoms with Gasteiger partial charge in [-0.15, -0.1) is 0 Å². The molecule has 33 heavy (non-hydrogen) atoms. The second-order valence-corrected chi connectivity index (χ2v) is 9.10. The van der Waals surface area contributed by atoms with Crippen LogP contribution in [0.25, 0.3) is 11.1 Å². The van der Waals surface area contributed by atoms with Crippen LogP contribution in [0.1, 0.15) is 63.5 Å². The molecular formula is C26H32N2O5. The molecule has 0 radical (unpaired) electrons. The quantitative estimate of drug-likeness (QED) is 0.494. The minimum Gasteiger partial charge on any atom is -0.481 e. The van der Waals surface area contributed by atoms with Gasteiger partial charge < -0.3 is 20.5 Å². The van der Waals surface area contributed by atoms with Crippen LogP contribution in [-0.2, 0) is 14.3 Å². The van der Waals surface area contributed by atoms with Crippen molar-refractivity contribution in [2.75, 3.05) is 6.61 Å². The van der Waals surface area contributed by atoms with Gasteiger partial charge in [0.05, 0.1) is 0 Å². The average Bonchev–Trinajstić information content (AvgIpc) is 3.09. The molecule has 1 atom stereocenters. The fourth-order valence-electron chi connectivity index (χ4n) is 4.24. The summed E-state index contributed by atoms with van der Waals surface area (Å²) in [5.41, 5.74) is 3.96. The minimum atomic E-state index is -0.902. The standard InChI is InChI=1S/C26H32N2O5/c1-4-17(15-23(29)28-26(2,3)14-13-24(30)31)27-25(32)33-16-22-20-11-7-5-9-18(20)19-10-6-8-12-21(19)22/h5-12,17,22H,4,13-16H2,1-3H3,(H,27,32)(H,28,29)(H,30,31). The molecule has 0 bridgehead atoms. The lowest BCUT2D eigenvalue weighted by Gasteiger charge is -2.27. The molecule has 0 saturated heterocycles. The van der Waals surface area contributed by atoms with E-state index in [1.54, 1.807) is 13.8 Å². The Morgan fingerprint density at radius 2 is 1.61 bits per heavy atom. The van der Waals surface area contributed by atoms with Crippen LogP contribution in [0.2, 0.25) is 0 Å². The first-order valence-electron chi connectivity index (χ1n) is 11.3. The van der Waals surface area contributed by atoms with E-state index in [9.17, 15) is 14.4 Å². The monoisotopic (exact) mass is 452 g/mol. The van der Waals surface area contributed by atoms with Crippen molar-refractivity contribution in [1.29, 1.82) is 0 Å². The molecule has 3 N–H and O–H groups in total. The van der Waals surface area contributed by atoms with Crippen molar-refractivity contribution in [3.05, 3.63) is 59.7 Å². The van der Waals surface area contributed by atoms with Gasteiger partial charge in [-0.3, -0.25) is 9.59 Å². The van der Waals surface area contributed by atoms with Crippen molar-refractivity contribution in [3.8, 4) is 11.1 Å². The number of benzene rings is 2. The number of nitrogens with one attached hydrogen (secondary N) is 2. The lowest BCUT2D eigenvalue weighted by atomic mass is 9.97. The van der Waals surface area contributed by atoms with Gasteiger partial charge in [0.2, 0.25) is 5.91 Å². The van der Waals surface area contributed by atoms with Crippen molar-refractivity contribution in [1.82, 2.24) is 10.6 Å². The van der Waals surface area contributed by atoms with E-state index < -0.39 is 17.6 Å². The fraction of sp³-hybridized carbons (Fsp3) is 0.423. The molecule has 0 heterocycles. The number of amides is 2. The zero-order valence-corrected chi connectivity index (χ0v) is 19.4. The molecule has 7 nitrogen and oxygen atoms in total. The van der Waals surface area contributed by atoms with Gasteiger partial charge in [0, 0.05) is 30.3 Å². The molecule has 0 fully saturated rings. The number of alkyl carbamates (subject to hydrolysis) is 1. The maximum Gasteiger partial charge on any atom is 0.407 e. The number of rotatable bonds is 10. The van der Waals surface area contributed by atoms with E-state index in [0.29, 0.717) is 12.8 Å². The maximum atomic E-state index is 12.5. The highest BCUT2D eigenvalue weighted by Crippen LogP contribution is 2.44. The van der Waals surface area contributed by atoms with Crippen LogP contribution in [0.15, 0.2) is 48.5 Å². The molecule has 1 aliphatic carbocycles. The van der Waals surface area contributed by atoms with Crippen LogP contribution in [0, 0.1) is 0 Å². The highest BCUT2D eigenvalue weighted by molar-refractivity contribution is 5.80. The molecule has 0 aliphatic heterocycles.